The van der Waals surface area contributed by atoms with Crippen LogP contribution in [0.4, 0.5) is 15.9 Å². The van der Waals surface area contributed by atoms with Crippen molar-refractivity contribution >= 4 is 64.2 Å². The van der Waals surface area contributed by atoms with Gasteiger partial charge >= 0.3 is 0 Å². The SMILES string of the molecule is C[C@@H](Oc1cc(-c2cnn(C3CCN(C(=O)CCCCN4CCN(CCCCC(=O)Nc5cccc6c5CN(C5CCC(=O)NC5=O)C6=O)CC4)CC3)c2)cnc1N)c1c(Cl)ccc(F)c1Cl. The molecule has 16 nitrogen and oxygen atoms in total. The van der Waals surface area contributed by atoms with Crippen molar-refractivity contribution in [2.75, 3.05) is 63.4 Å². The molecule has 356 valence electrons. The molecule has 4 aromatic rings. The van der Waals surface area contributed by atoms with Crippen LogP contribution in [0, 0.1) is 5.82 Å². The Bertz CT molecular complexity index is 2490. The summed E-state index contributed by atoms with van der Waals surface area (Å²) in [5.41, 5.74) is 9.81. The first-order valence-corrected chi connectivity index (χ1v) is 24.0. The number of nitrogens with one attached hydrogen (secondary N) is 2. The van der Waals surface area contributed by atoms with E-state index in [0.29, 0.717) is 54.1 Å². The van der Waals surface area contributed by atoms with Gasteiger partial charge in [0.05, 0.1) is 17.3 Å². The molecule has 5 amide bonds. The van der Waals surface area contributed by atoms with Gasteiger partial charge in [0, 0.05) is 116 Å². The number of amides is 5. The quantitative estimate of drug-likeness (QED) is 0.0586. The highest BCUT2D eigenvalue weighted by atomic mass is 35.5. The van der Waals surface area contributed by atoms with Gasteiger partial charge in [0.15, 0.2) is 11.6 Å². The van der Waals surface area contributed by atoms with Crippen LogP contribution < -0.4 is 21.1 Å². The van der Waals surface area contributed by atoms with E-state index in [-0.39, 0.29) is 64.9 Å². The van der Waals surface area contributed by atoms with Crippen molar-refractivity contribution < 1.29 is 33.1 Å². The predicted molar refractivity (Wildman–Crippen MR) is 252 cm³/mol. The minimum atomic E-state index is -0.705. The molecule has 3 saturated heterocycles. The molecular formula is C48H57Cl2FN10O6. The van der Waals surface area contributed by atoms with E-state index in [2.05, 4.69) is 30.5 Å². The largest absolute Gasteiger partial charge is 0.482 e. The van der Waals surface area contributed by atoms with Gasteiger partial charge in [0.1, 0.15) is 18.0 Å². The van der Waals surface area contributed by atoms with Crippen LogP contribution >= 0.6 is 23.2 Å². The Morgan fingerprint density at radius 1 is 0.925 bits per heavy atom. The molecule has 8 rings (SSSR count). The number of aromatic nitrogens is 3. The Hall–Kier alpha value is -5.62. The summed E-state index contributed by atoms with van der Waals surface area (Å²) in [6.45, 7) is 9.08. The van der Waals surface area contributed by atoms with Crippen molar-refractivity contribution in [3.63, 3.8) is 0 Å². The van der Waals surface area contributed by atoms with Gasteiger partial charge in [-0.2, -0.15) is 5.10 Å². The number of pyridine rings is 1. The van der Waals surface area contributed by atoms with Crippen LogP contribution in [0.2, 0.25) is 10.0 Å². The van der Waals surface area contributed by atoms with Gasteiger partial charge in [0.2, 0.25) is 23.6 Å². The number of ether oxygens (including phenoxy) is 1. The highest BCUT2D eigenvalue weighted by Gasteiger charge is 2.40. The number of benzene rings is 2. The number of hydrogen-bond acceptors (Lipinski definition) is 11. The van der Waals surface area contributed by atoms with E-state index in [1.165, 1.54) is 17.0 Å². The van der Waals surface area contributed by atoms with Crippen LogP contribution in [0.1, 0.15) is 105 Å². The molecule has 0 saturated carbocycles. The first-order valence-electron chi connectivity index (χ1n) is 23.2. The summed E-state index contributed by atoms with van der Waals surface area (Å²) < 4.78 is 22.2. The Morgan fingerprint density at radius 3 is 2.36 bits per heavy atom. The number of nitrogens with two attached hydrogens (primary N) is 1. The van der Waals surface area contributed by atoms with E-state index < -0.39 is 23.9 Å². The second kappa shape index (κ2) is 21.6. The second-order valence-corrected chi connectivity index (χ2v) is 18.6. The number of anilines is 2. The van der Waals surface area contributed by atoms with Gasteiger partial charge < -0.3 is 35.4 Å². The number of nitrogen functional groups attached to an aromatic ring is 1. The first-order chi connectivity index (χ1) is 32.3. The number of nitrogens with zero attached hydrogens (tertiary/aromatic N) is 7. The number of carbonyl (C=O) groups excluding carboxylic acids is 5. The molecule has 2 atom stereocenters. The summed E-state index contributed by atoms with van der Waals surface area (Å²) in [7, 11) is 0. The van der Waals surface area contributed by atoms with Crippen LogP contribution in [0.5, 0.6) is 5.75 Å². The number of likely N-dealkylation sites (tertiary alicyclic amines) is 1. The van der Waals surface area contributed by atoms with Crippen LogP contribution in [0.3, 0.4) is 0 Å². The molecule has 0 bridgehead atoms. The number of fused-ring (bicyclic) bond motifs is 1. The molecule has 19 heteroatoms. The standard InChI is InChI=1S/C48H57Cl2FN10O6/c1-30(44-36(49)11-12-37(51)45(44)50)67-40-25-31(26-53-46(40)52)32-27-54-61(28-32)33-15-19-59(20-16-33)43(64)10-3-5-18-58-23-21-57(22-24-58)17-4-2-9-41(62)55-38-8-6-7-34-35(38)29-60(48(34)66)39-13-14-42(63)56-47(39)65/h6-8,11-12,25-28,30,33,39H,2-5,9-10,13-24,29H2,1H3,(H2,52,53)(H,55,62)(H,56,63,65)/t30-,39?/m1/s1. The fourth-order valence-corrected chi connectivity index (χ4v) is 10.2. The third kappa shape index (κ3) is 11.4. The molecular weight excluding hydrogens is 902 g/mol. The smallest absolute Gasteiger partial charge is 0.255 e. The maximum Gasteiger partial charge on any atom is 0.255 e. The van der Waals surface area contributed by atoms with E-state index in [1.807, 2.05) is 15.8 Å². The molecule has 6 heterocycles. The molecule has 4 N–H and O–H groups in total. The van der Waals surface area contributed by atoms with E-state index in [1.54, 1.807) is 43.6 Å². The average molecular weight is 960 g/mol. The van der Waals surface area contributed by atoms with Crippen molar-refractivity contribution in [3.8, 4) is 16.9 Å². The lowest BCUT2D eigenvalue weighted by Gasteiger charge is -2.35. The van der Waals surface area contributed by atoms with Gasteiger partial charge in [-0.3, -0.25) is 34.0 Å². The third-order valence-corrected chi connectivity index (χ3v) is 14.1. The van der Waals surface area contributed by atoms with Crippen molar-refractivity contribution in [2.45, 2.75) is 95.9 Å². The second-order valence-electron chi connectivity index (χ2n) is 17.8. The van der Waals surface area contributed by atoms with Crippen LogP contribution in [0.25, 0.3) is 11.1 Å². The number of piperazine rings is 1. The van der Waals surface area contributed by atoms with Crippen molar-refractivity contribution in [2.24, 2.45) is 0 Å². The zero-order valence-corrected chi connectivity index (χ0v) is 39.2. The monoisotopic (exact) mass is 958 g/mol. The van der Waals surface area contributed by atoms with Crippen LogP contribution in [-0.4, -0.2) is 122 Å². The number of unbranched alkanes of at least 4 members (excludes halogenated alkanes) is 2. The molecule has 2 aromatic heterocycles. The average Bonchev–Trinajstić information content (AvgIpc) is 3.95. The van der Waals surface area contributed by atoms with Gasteiger partial charge in [-0.15, -0.1) is 0 Å². The molecule has 0 aliphatic carbocycles. The zero-order valence-electron chi connectivity index (χ0n) is 37.7. The summed E-state index contributed by atoms with van der Waals surface area (Å²) in [6, 6.07) is 9.08. The number of hydrogen-bond donors (Lipinski definition) is 3. The lowest BCUT2D eigenvalue weighted by Crippen LogP contribution is -2.52. The van der Waals surface area contributed by atoms with E-state index in [0.717, 1.165) is 88.9 Å². The molecule has 3 fully saturated rings. The van der Waals surface area contributed by atoms with E-state index >= 15 is 0 Å². The zero-order chi connectivity index (χ0) is 47.2. The van der Waals surface area contributed by atoms with Crippen LogP contribution in [0.15, 0.2) is 55.0 Å². The topological polar surface area (TPSA) is 188 Å². The molecule has 0 radical (unpaired) electrons. The van der Waals surface area contributed by atoms with Gasteiger partial charge in [-0.25, -0.2) is 9.37 Å². The third-order valence-electron chi connectivity index (χ3n) is 13.4. The van der Waals surface area contributed by atoms with E-state index in [4.69, 9.17) is 33.7 Å². The molecule has 4 aliphatic rings. The predicted octanol–water partition coefficient (Wildman–Crippen LogP) is 6.63. The summed E-state index contributed by atoms with van der Waals surface area (Å²) >= 11 is 12.5. The Morgan fingerprint density at radius 2 is 1.64 bits per heavy atom. The molecule has 4 aliphatic heterocycles. The Labute approximate surface area is 399 Å². The summed E-state index contributed by atoms with van der Waals surface area (Å²) in [5.74, 6) is -1.07. The van der Waals surface area contributed by atoms with Gasteiger partial charge in [-0.05, 0) is 95.3 Å². The number of halogens is 3. The Kier molecular flexibility index (Phi) is 15.4. The highest BCUT2D eigenvalue weighted by molar-refractivity contribution is 6.36. The Balaban J connectivity index is 0.688. The maximum atomic E-state index is 14.2. The lowest BCUT2D eigenvalue weighted by atomic mass is 10.0. The minimum absolute atomic E-state index is 0.105. The fourth-order valence-electron chi connectivity index (χ4n) is 9.48. The maximum absolute atomic E-state index is 14.2. The van der Waals surface area contributed by atoms with Crippen molar-refractivity contribution in [3.05, 3.63) is 87.5 Å². The molecule has 2 aromatic carbocycles. The van der Waals surface area contributed by atoms with Crippen LogP contribution in [-0.2, 0) is 25.7 Å². The highest BCUT2D eigenvalue weighted by Crippen LogP contribution is 2.38. The lowest BCUT2D eigenvalue weighted by molar-refractivity contribution is -0.137. The first kappa shape index (κ1) is 47.9. The van der Waals surface area contributed by atoms with Crippen molar-refractivity contribution in [1.29, 1.82) is 0 Å². The molecule has 0 spiro atoms. The minimum Gasteiger partial charge on any atom is -0.482 e. The molecule has 67 heavy (non-hydrogen) atoms. The van der Waals surface area contributed by atoms with Gasteiger partial charge in [-0.1, -0.05) is 29.3 Å². The number of rotatable bonds is 17. The number of carbonyl (C=O) groups is 5. The number of imide groups is 1. The summed E-state index contributed by atoms with van der Waals surface area (Å²) in [6.07, 6.45) is 11.2. The van der Waals surface area contributed by atoms with Gasteiger partial charge in [0.25, 0.3) is 5.91 Å². The molecule has 1 unspecified atom stereocenters. The summed E-state index contributed by atoms with van der Waals surface area (Å²) in [5, 5.41) is 10.1. The summed E-state index contributed by atoms with van der Waals surface area (Å²) in [4.78, 5) is 76.0. The van der Waals surface area contributed by atoms with Crippen molar-refractivity contribution in [1.82, 2.24) is 39.7 Å². The van der Waals surface area contributed by atoms with E-state index in [9.17, 15) is 28.4 Å². The fraction of sp³-hybridized carbons (Fsp3) is 0.479. The normalized spacial score (nSPS) is 18.8. The number of piperidine rings is 2.